The molecule has 5 heteroatoms. The standard InChI is InChI=1S/C18H30O3SSi/c1-4-19-23(20-5-2,21-6-3)15-9-14-22-18-13-12-16-10-7-8-11-17(16)18/h7-8,10-11,18H,4-6,9,12-15H2,1-3H3. The van der Waals surface area contributed by atoms with Gasteiger partial charge in [-0.05, 0) is 56.9 Å². The van der Waals surface area contributed by atoms with Gasteiger partial charge in [0.05, 0.1) is 0 Å². The Morgan fingerprint density at radius 3 is 2.35 bits per heavy atom. The van der Waals surface area contributed by atoms with Crippen LogP contribution in [0.25, 0.3) is 0 Å². The van der Waals surface area contributed by atoms with Crippen LogP contribution in [0.3, 0.4) is 0 Å². The molecule has 3 nitrogen and oxygen atoms in total. The molecule has 1 aliphatic rings. The van der Waals surface area contributed by atoms with E-state index in [1.54, 1.807) is 5.56 Å². The third-order valence-corrected chi connectivity index (χ3v) is 8.68. The van der Waals surface area contributed by atoms with Crippen molar-refractivity contribution in [2.24, 2.45) is 0 Å². The number of fused-ring (bicyclic) bond motifs is 1. The molecule has 1 unspecified atom stereocenters. The molecule has 1 aromatic rings. The van der Waals surface area contributed by atoms with E-state index in [9.17, 15) is 0 Å². The highest BCUT2D eigenvalue weighted by atomic mass is 32.2. The Morgan fingerprint density at radius 2 is 1.70 bits per heavy atom. The van der Waals surface area contributed by atoms with Gasteiger partial charge in [-0.1, -0.05) is 24.3 Å². The average molecular weight is 355 g/mol. The highest BCUT2D eigenvalue weighted by Crippen LogP contribution is 2.41. The Morgan fingerprint density at radius 1 is 1.04 bits per heavy atom. The fourth-order valence-corrected chi connectivity index (χ4v) is 7.36. The van der Waals surface area contributed by atoms with Gasteiger partial charge >= 0.3 is 8.80 Å². The molecule has 0 fully saturated rings. The molecule has 0 heterocycles. The minimum atomic E-state index is -2.46. The molecule has 0 amide bonds. The smallest absolute Gasteiger partial charge is 0.374 e. The van der Waals surface area contributed by atoms with Crippen molar-refractivity contribution in [1.29, 1.82) is 0 Å². The molecule has 1 atom stereocenters. The highest BCUT2D eigenvalue weighted by Gasteiger charge is 2.39. The molecule has 0 saturated carbocycles. The predicted octanol–water partition coefficient (Wildman–Crippen LogP) is 4.85. The SMILES string of the molecule is CCO[Si](CCCSC1CCc2ccccc21)(OCC)OCC. The zero-order chi connectivity index (χ0) is 16.5. The fraction of sp³-hybridized carbons (Fsp3) is 0.667. The minimum absolute atomic E-state index is 0.661. The maximum Gasteiger partial charge on any atom is 0.500 e. The third-order valence-electron chi connectivity index (χ3n) is 4.12. The Balaban J connectivity index is 1.81. The zero-order valence-corrected chi connectivity index (χ0v) is 16.5. The molecule has 1 aromatic carbocycles. The topological polar surface area (TPSA) is 27.7 Å². The van der Waals surface area contributed by atoms with Gasteiger partial charge in [-0.3, -0.25) is 0 Å². The summed E-state index contributed by atoms with van der Waals surface area (Å²) in [6.07, 6.45) is 3.59. The number of aryl methyl sites for hydroxylation is 1. The number of hydrogen-bond acceptors (Lipinski definition) is 4. The van der Waals surface area contributed by atoms with Crippen LogP contribution in [0.5, 0.6) is 0 Å². The van der Waals surface area contributed by atoms with Gasteiger partial charge in [0.1, 0.15) is 0 Å². The van der Waals surface area contributed by atoms with Gasteiger partial charge in [0.25, 0.3) is 0 Å². The van der Waals surface area contributed by atoms with E-state index in [1.807, 2.05) is 20.8 Å². The van der Waals surface area contributed by atoms with E-state index in [-0.39, 0.29) is 0 Å². The Bertz CT molecular complexity index is 452. The Labute approximate surface area is 146 Å². The molecule has 0 saturated heterocycles. The average Bonchev–Trinajstić information content (AvgIpc) is 2.96. The van der Waals surface area contributed by atoms with Crippen molar-refractivity contribution in [1.82, 2.24) is 0 Å². The van der Waals surface area contributed by atoms with Gasteiger partial charge in [0.2, 0.25) is 0 Å². The first-order valence-corrected chi connectivity index (χ1v) is 11.8. The van der Waals surface area contributed by atoms with Crippen molar-refractivity contribution in [3.8, 4) is 0 Å². The molecule has 23 heavy (non-hydrogen) atoms. The third kappa shape index (κ3) is 5.33. The summed E-state index contributed by atoms with van der Waals surface area (Å²) in [7, 11) is -2.46. The molecular weight excluding hydrogens is 324 g/mol. The van der Waals surface area contributed by atoms with Crippen LogP contribution < -0.4 is 0 Å². The van der Waals surface area contributed by atoms with Gasteiger partial charge < -0.3 is 13.3 Å². The van der Waals surface area contributed by atoms with Crippen LogP contribution in [0.4, 0.5) is 0 Å². The van der Waals surface area contributed by atoms with Gasteiger partial charge in [-0.15, -0.1) is 0 Å². The molecule has 130 valence electrons. The fourth-order valence-electron chi connectivity index (χ4n) is 3.21. The van der Waals surface area contributed by atoms with E-state index in [0.717, 1.165) is 18.2 Å². The van der Waals surface area contributed by atoms with E-state index in [4.69, 9.17) is 13.3 Å². The van der Waals surface area contributed by atoms with Gasteiger partial charge in [0, 0.05) is 31.1 Å². The van der Waals surface area contributed by atoms with E-state index >= 15 is 0 Å². The van der Waals surface area contributed by atoms with Crippen LogP contribution in [0.1, 0.15) is 50.0 Å². The summed E-state index contributed by atoms with van der Waals surface area (Å²) in [5.41, 5.74) is 3.08. The van der Waals surface area contributed by atoms with Crippen LogP contribution in [0.15, 0.2) is 24.3 Å². The van der Waals surface area contributed by atoms with Crippen molar-refractivity contribution >= 4 is 20.6 Å². The number of benzene rings is 1. The Hall–Kier alpha value is -0.333. The molecule has 0 bridgehead atoms. The second-order valence-corrected chi connectivity index (χ2v) is 9.73. The van der Waals surface area contributed by atoms with Crippen LogP contribution in [0, 0.1) is 0 Å². The van der Waals surface area contributed by atoms with Crippen LogP contribution in [-0.2, 0) is 19.7 Å². The molecule has 0 spiro atoms. The lowest BCUT2D eigenvalue weighted by Gasteiger charge is -2.28. The molecule has 1 aliphatic carbocycles. The summed E-state index contributed by atoms with van der Waals surface area (Å²) in [6.45, 7) is 8.04. The molecule has 0 aliphatic heterocycles. The first-order chi connectivity index (χ1) is 11.2. The first kappa shape index (κ1) is 19.0. The van der Waals surface area contributed by atoms with E-state index in [0.29, 0.717) is 25.1 Å². The number of thioether (sulfide) groups is 1. The lowest BCUT2D eigenvalue weighted by molar-refractivity contribution is 0.0712. The lowest BCUT2D eigenvalue weighted by atomic mass is 10.1. The monoisotopic (exact) mass is 354 g/mol. The van der Waals surface area contributed by atoms with E-state index in [2.05, 4.69) is 36.0 Å². The highest BCUT2D eigenvalue weighted by molar-refractivity contribution is 7.99. The molecule has 0 radical (unpaired) electrons. The summed E-state index contributed by atoms with van der Waals surface area (Å²) < 4.78 is 17.8. The normalized spacial score (nSPS) is 17.4. The lowest BCUT2D eigenvalue weighted by Crippen LogP contribution is -2.46. The van der Waals surface area contributed by atoms with Crippen molar-refractivity contribution < 1.29 is 13.3 Å². The van der Waals surface area contributed by atoms with Gasteiger partial charge in [0.15, 0.2) is 0 Å². The van der Waals surface area contributed by atoms with Gasteiger partial charge in [-0.25, -0.2) is 0 Å². The molecule has 0 aromatic heterocycles. The summed E-state index contributed by atoms with van der Waals surface area (Å²) in [5, 5.41) is 0.661. The van der Waals surface area contributed by atoms with Crippen LogP contribution in [-0.4, -0.2) is 34.4 Å². The zero-order valence-electron chi connectivity index (χ0n) is 14.7. The van der Waals surface area contributed by atoms with Crippen LogP contribution >= 0.6 is 11.8 Å². The van der Waals surface area contributed by atoms with Crippen molar-refractivity contribution in [3.05, 3.63) is 35.4 Å². The van der Waals surface area contributed by atoms with Crippen LogP contribution in [0.2, 0.25) is 6.04 Å². The van der Waals surface area contributed by atoms with E-state index in [1.165, 1.54) is 18.4 Å². The second-order valence-electron chi connectivity index (χ2n) is 5.68. The summed E-state index contributed by atoms with van der Waals surface area (Å²) in [5.74, 6) is 1.14. The summed E-state index contributed by atoms with van der Waals surface area (Å²) in [6, 6.07) is 9.80. The number of hydrogen-bond donors (Lipinski definition) is 0. The second kappa shape index (κ2) is 9.84. The molecular formula is C18H30O3SSi. The molecule has 0 N–H and O–H groups in total. The maximum absolute atomic E-state index is 5.92. The first-order valence-electron chi connectivity index (χ1n) is 8.86. The summed E-state index contributed by atoms with van der Waals surface area (Å²) >= 11 is 2.08. The van der Waals surface area contributed by atoms with Crippen molar-refractivity contribution in [3.63, 3.8) is 0 Å². The predicted molar refractivity (Wildman–Crippen MR) is 100 cm³/mol. The Kier molecular flexibility index (Phi) is 8.13. The van der Waals surface area contributed by atoms with E-state index < -0.39 is 8.80 Å². The molecule has 2 rings (SSSR count). The minimum Gasteiger partial charge on any atom is -0.374 e. The van der Waals surface area contributed by atoms with Crippen molar-refractivity contribution in [2.75, 3.05) is 25.6 Å². The van der Waals surface area contributed by atoms with Gasteiger partial charge in [-0.2, -0.15) is 11.8 Å². The maximum atomic E-state index is 5.92. The quantitative estimate of drug-likeness (QED) is 0.419. The van der Waals surface area contributed by atoms with Crippen molar-refractivity contribution in [2.45, 2.75) is 51.3 Å². The number of rotatable bonds is 11. The summed E-state index contributed by atoms with van der Waals surface area (Å²) in [4.78, 5) is 0. The largest absolute Gasteiger partial charge is 0.500 e.